The molecule has 0 unspecified atom stereocenters. The van der Waals surface area contributed by atoms with Gasteiger partial charge < -0.3 is 10.2 Å². The van der Waals surface area contributed by atoms with Crippen LogP contribution in [0.4, 0.5) is 5.69 Å². The maximum atomic E-state index is 14.0. The molecule has 0 saturated heterocycles. The van der Waals surface area contributed by atoms with Crippen molar-refractivity contribution in [2.75, 3.05) is 17.1 Å². The van der Waals surface area contributed by atoms with Gasteiger partial charge in [0, 0.05) is 32.0 Å². The first-order valence-electron chi connectivity index (χ1n) is 14.6. The highest BCUT2D eigenvalue weighted by Gasteiger charge is 2.31. The van der Waals surface area contributed by atoms with Crippen LogP contribution in [0.5, 0.6) is 0 Å². The van der Waals surface area contributed by atoms with Gasteiger partial charge in [0.05, 0.1) is 11.9 Å². The molecule has 2 amide bonds. The molecule has 0 aliphatic carbocycles. The van der Waals surface area contributed by atoms with Crippen molar-refractivity contribution in [1.82, 2.24) is 10.2 Å². The highest BCUT2D eigenvalue weighted by molar-refractivity contribution is 7.92. The highest BCUT2D eigenvalue weighted by atomic mass is 32.2. The Hall–Kier alpha value is -3.65. The summed E-state index contributed by atoms with van der Waals surface area (Å²) in [7, 11) is -3.57. The molecule has 0 aromatic heterocycles. The summed E-state index contributed by atoms with van der Waals surface area (Å²) in [5.41, 5.74) is 5.40. The first kappa shape index (κ1) is 32.9. The van der Waals surface area contributed by atoms with Gasteiger partial charge in [0.1, 0.15) is 6.04 Å². The van der Waals surface area contributed by atoms with E-state index in [0.717, 1.165) is 34.2 Å². The maximum Gasteiger partial charge on any atom is 0.243 e. The summed E-state index contributed by atoms with van der Waals surface area (Å²) in [6, 6.07) is 22.6. The van der Waals surface area contributed by atoms with Crippen LogP contribution in [0.3, 0.4) is 0 Å². The summed E-state index contributed by atoms with van der Waals surface area (Å²) in [6.07, 6.45) is 2.75. The Morgan fingerprint density at radius 1 is 0.881 bits per heavy atom. The average Bonchev–Trinajstić information content (AvgIpc) is 2.94. The van der Waals surface area contributed by atoms with E-state index in [1.807, 2.05) is 107 Å². The number of amides is 2. The normalized spacial score (nSPS) is 12.8. The lowest BCUT2D eigenvalue weighted by atomic mass is 10.0. The molecule has 0 saturated carbocycles. The molecule has 8 heteroatoms. The zero-order chi connectivity index (χ0) is 30.9. The average molecular weight is 592 g/mol. The van der Waals surface area contributed by atoms with Gasteiger partial charge in [-0.3, -0.25) is 13.9 Å². The summed E-state index contributed by atoms with van der Waals surface area (Å²) in [6.45, 7) is 10.2. The van der Waals surface area contributed by atoms with E-state index < -0.39 is 16.1 Å². The van der Waals surface area contributed by atoms with Crippen molar-refractivity contribution in [3.63, 3.8) is 0 Å². The Bertz CT molecular complexity index is 1460. The lowest BCUT2D eigenvalue weighted by Crippen LogP contribution is -2.52. The number of rotatable bonds is 14. The van der Waals surface area contributed by atoms with Gasteiger partial charge in [-0.1, -0.05) is 79.2 Å². The molecule has 2 atom stereocenters. The second kappa shape index (κ2) is 15.0. The lowest BCUT2D eigenvalue weighted by Gasteiger charge is -2.33. The van der Waals surface area contributed by atoms with Crippen molar-refractivity contribution >= 4 is 27.5 Å². The molecular formula is C34H45N3O4S. The largest absolute Gasteiger partial charge is 0.352 e. The third kappa shape index (κ3) is 9.44. The fourth-order valence-electron chi connectivity index (χ4n) is 4.97. The van der Waals surface area contributed by atoms with E-state index in [1.54, 1.807) is 4.90 Å². The molecule has 3 aromatic carbocycles. The number of carbonyl (C=O) groups is 2. The number of nitrogens with zero attached hydrogens (tertiary/aromatic N) is 2. The zero-order valence-corrected chi connectivity index (χ0v) is 26.6. The van der Waals surface area contributed by atoms with E-state index in [2.05, 4.69) is 5.32 Å². The first-order chi connectivity index (χ1) is 19.9. The van der Waals surface area contributed by atoms with E-state index in [9.17, 15) is 18.0 Å². The minimum absolute atomic E-state index is 0.0346. The lowest BCUT2D eigenvalue weighted by molar-refractivity contribution is -0.141. The second-order valence-electron chi connectivity index (χ2n) is 11.3. The number of hydrogen-bond donors (Lipinski definition) is 1. The third-order valence-corrected chi connectivity index (χ3v) is 8.67. The summed E-state index contributed by atoms with van der Waals surface area (Å²) >= 11 is 0. The quantitative estimate of drug-likeness (QED) is 0.260. The van der Waals surface area contributed by atoms with Gasteiger partial charge in [0.15, 0.2) is 0 Å². The van der Waals surface area contributed by atoms with E-state index >= 15 is 0 Å². The number of sulfonamides is 1. The van der Waals surface area contributed by atoms with Crippen LogP contribution in [0.1, 0.15) is 60.9 Å². The molecule has 0 spiro atoms. The molecule has 0 aliphatic rings. The number of aryl methyl sites for hydroxylation is 3. The van der Waals surface area contributed by atoms with Crippen LogP contribution >= 0.6 is 0 Å². The van der Waals surface area contributed by atoms with Crippen LogP contribution in [-0.2, 0) is 32.6 Å². The van der Waals surface area contributed by atoms with Crippen molar-refractivity contribution in [3.8, 4) is 0 Å². The van der Waals surface area contributed by atoms with E-state index in [0.29, 0.717) is 18.5 Å². The molecule has 0 fully saturated rings. The fraction of sp³-hybridized carbons (Fsp3) is 0.412. The molecular weight excluding hydrogens is 546 g/mol. The van der Waals surface area contributed by atoms with Crippen LogP contribution in [-0.4, -0.2) is 50.0 Å². The van der Waals surface area contributed by atoms with E-state index in [1.165, 1.54) is 10.6 Å². The summed E-state index contributed by atoms with van der Waals surface area (Å²) in [4.78, 5) is 29.4. The van der Waals surface area contributed by atoms with Crippen molar-refractivity contribution < 1.29 is 18.0 Å². The van der Waals surface area contributed by atoms with Crippen molar-refractivity contribution in [2.24, 2.45) is 0 Å². The smallest absolute Gasteiger partial charge is 0.243 e. The summed E-state index contributed by atoms with van der Waals surface area (Å²) in [5.74, 6) is -0.381. The van der Waals surface area contributed by atoms with Gasteiger partial charge in [0.25, 0.3) is 0 Å². The summed E-state index contributed by atoms with van der Waals surface area (Å²) in [5, 5.41) is 3.09. The van der Waals surface area contributed by atoms with Gasteiger partial charge in [0.2, 0.25) is 21.8 Å². The van der Waals surface area contributed by atoms with E-state index in [4.69, 9.17) is 0 Å². The molecule has 1 N–H and O–H groups in total. The Morgan fingerprint density at radius 3 is 2.19 bits per heavy atom. The first-order valence-corrected chi connectivity index (χ1v) is 16.5. The Morgan fingerprint density at radius 2 is 1.55 bits per heavy atom. The molecule has 0 heterocycles. The monoisotopic (exact) mass is 591 g/mol. The Balaban J connectivity index is 1.91. The second-order valence-corrected chi connectivity index (χ2v) is 13.2. The highest BCUT2D eigenvalue weighted by Crippen LogP contribution is 2.25. The minimum Gasteiger partial charge on any atom is -0.352 e. The molecule has 0 radical (unpaired) electrons. The SMILES string of the molecule is CC[C@@H](C)NC(=O)[C@@H](Cc1ccccc1)N(Cc1cccc(C)c1)C(=O)CCCN(c1cc(C)ccc1C)S(C)(=O)=O. The van der Waals surface area contributed by atoms with Gasteiger partial charge in [-0.2, -0.15) is 0 Å². The van der Waals surface area contributed by atoms with Crippen LogP contribution in [0.25, 0.3) is 0 Å². The molecule has 0 aliphatic heterocycles. The molecule has 3 aromatic rings. The number of nitrogens with one attached hydrogen (secondary N) is 1. The minimum atomic E-state index is -3.57. The van der Waals surface area contributed by atoms with Gasteiger partial charge in [-0.25, -0.2) is 8.42 Å². The van der Waals surface area contributed by atoms with Gasteiger partial charge in [-0.15, -0.1) is 0 Å². The zero-order valence-electron chi connectivity index (χ0n) is 25.8. The van der Waals surface area contributed by atoms with Crippen LogP contribution in [0, 0.1) is 20.8 Å². The molecule has 0 bridgehead atoms. The number of hydrogen-bond acceptors (Lipinski definition) is 4. The maximum absolute atomic E-state index is 14.0. The van der Waals surface area contributed by atoms with Crippen LogP contribution < -0.4 is 9.62 Å². The topological polar surface area (TPSA) is 86.8 Å². The van der Waals surface area contributed by atoms with Crippen LogP contribution in [0.2, 0.25) is 0 Å². The summed E-state index contributed by atoms with van der Waals surface area (Å²) < 4.78 is 27.0. The Labute approximate surface area is 252 Å². The van der Waals surface area contributed by atoms with Crippen molar-refractivity contribution in [2.45, 2.75) is 78.9 Å². The molecule has 3 rings (SSSR count). The number of carbonyl (C=O) groups excluding carboxylic acids is 2. The number of benzene rings is 3. The van der Waals surface area contributed by atoms with Crippen LogP contribution in [0.15, 0.2) is 72.8 Å². The molecule has 7 nitrogen and oxygen atoms in total. The number of anilines is 1. The molecule has 226 valence electrons. The van der Waals surface area contributed by atoms with Crippen molar-refractivity contribution in [1.29, 1.82) is 0 Å². The Kier molecular flexibility index (Phi) is 11.7. The van der Waals surface area contributed by atoms with Gasteiger partial charge >= 0.3 is 0 Å². The van der Waals surface area contributed by atoms with E-state index in [-0.39, 0.29) is 37.4 Å². The standard InChI is InChI=1S/C34H45N3O4S/c1-7-28(5)35-34(39)32(23-29-14-9-8-10-15-29)36(24-30-16-11-13-25(2)21-30)33(38)17-12-20-37(42(6,40)41)31-22-26(3)18-19-27(31)4/h8-11,13-16,18-19,21-22,28,32H,7,12,17,20,23-24H2,1-6H3,(H,35,39)/t28-,32-/m1/s1. The third-order valence-electron chi connectivity index (χ3n) is 7.49. The molecule has 42 heavy (non-hydrogen) atoms. The predicted molar refractivity (Wildman–Crippen MR) is 171 cm³/mol. The van der Waals surface area contributed by atoms with Crippen molar-refractivity contribution in [3.05, 3.63) is 101 Å². The predicted octanol–water partition coefficient (Wildman–Crippen LogP) is 5.71. The fourth-order valence-corrected chi connectivity index (χ4v) is 5.99. The van der Waals surface area contributed by atoms with Gasteiger partial charge in [-0.05, 0) is 68.9 Å².